The van der Waals surface area contributed by atoms with Crippen LogP contribution in [0, 0.1) is 5.92 Å². The molecule has 10 nitrogen and oxygen atoms in total. The highest BCUT2D eigenvalue weighted by atomic mass is 32.2. The lowest BCUT2D eigenvalue weighted by molar-refractivity contribution is -0.146. The van der Waals surface area contributed by atoms with Crippen molar-refractivity contribution in [1.82, 2.24) is 15.5 Å². The van der Waals surface area contributed by atoms with Crippen LogP contribution in [0.3, 0.4) is 0 Å². The summed E-state index contributed by atoms with van der Waals surface area (Å²) in [4.78, 5) is 66.2. The van der Waals surface area contributed by atoms with Gasteiger partial charge in [0.05, 0.1) is 18.4 Å². The molecule has 3 amide bonds. The minimum absolute atomic E-state index is 0.0741. The molecule has 2 fully saturated rings. The van der Waals surface area contributed by atoms with Crippen LogP contribution in [0.25, 0.3) is 0 Å². The monoisotopic (exact) mass is 655 g/mol. The molecule has 1 saturated heterocycles. The van der Waals surface area contributed by atoms with Gasteiger partial charge in [0.15, 0.2) is 0 Å². The van der Waals surface area contributed by atoms with Crippen molar-refractivity contribution in [3.63, 3.8) is 0 Å². The molecule has 2 aliphatic rings. The quantitative estimate of drug-likeness (QED) is 0.310. The lowest BCUT2D eigenvalue weighted by atomic mass is 9.83. The molecule has 2 N–H and O–H groups in total. The molecule has 1 heterocycles. The van der Waals surface area contributed by atoms with Gasteiger partial charge in [-0.3, -0.25) is 19.2 Å². The fourth-order valence-electron chi connectivity index (χ4n) is 5.75. The summed E-state index contributed by atoms with van der Waals surface area (Å²) in [7, 11) is 1.29. The first-order valence-electron chi connectivity index (χ1n) is 15.1. The summed E-state index contributed by atoms with van der Waals surface area (Å²) >= 11 is 3.13. The van der Waals surface area contributed by atoms with E-state index in [4.69, 9.17) is 9.47 Å². The van der Waals surface area contributed by atoms with E-state index in [1.165, 1.54) is 7.11 Å². The van der Waals surface area contributed by atoms with Crippen molar-refractivity contribution in [3.05, 3.63) is 71.8 Å². The van der Waals surface area contributed by atoms with E-state index in [1.54, 1.807) is 52.7 Å². The van der Waals surface area contributed by atoms with Gasteiger partial charge in [-0.25, -0.2) is 4.79 Å². The predicted molar refractivity (Wildman–Crippen MR) is 174 cm³/mol. The number of esters is 2. The van der Waals surface area contributed by atoms with Crippen LogP contribution in [0.5, 0.6) is 0 Å². The number of carbonyl (C=O) groups is 5. The molecule has 242 valence electrons. The Morgan fingerprint density at radius 3 is 2.31 bits per heavy atom. The smallest absolute Gasteiger partial charge is 0.328 e. The summed E-state index contributed by atoms with van der Waals surface area (Å²) in [5.74, 6) is -0.907. The molecule has 2 atom stereocenters. The molecular formula is C33H41N3O7S2. The maximum Gasteiger partial charge on any atom is 0.328 e. The van der Waals surface area contributed by atoms with E-state index in [-0.39, 0.29) is 49.2 Å². The van der Waals surface area contributed by atoms with Gasteiger partial charge in [0.25, 0.3) is 5.91 Å². The minimum Gasteiger partial charge on any atom is -0.467 e. The molecule has 1 aliphatic heterocycles. The third-order valence-corrected chi connectivity index (χ3v) is 10.5. The molecular weight excluding hydrogens is 615 g/mol. The Morgan fingerprint density at radius 1 is 1.00 bits per heavy atom. The molecule has 0 bridgehead atoms. The van der Waals surface area contributed by atoms with Crippen molar-refractivity contribution in [2.75, 3.05) is 31.4 Å². The van der Waals surface area contributed by atoms with Crippen LogP contribution in [-0.4, -0.2) is 82.9 Å². The largest absolute Gasteiger partial charge is 0.467 e. The summed E-state index contributed by atoms with van der Waals surface area (Å²) < 4.78 is 10.2. The molecule has 2 aromatic rings. The average Bonchev–Trinajstić information content (AvgIpc) is 3.44. The number of amides is 3. The van der Waals surface area contributed by atoms with Crippen LogP contribution < -0.4 is 10.6 Å². The Morgan fingerprint density at radius 2 is 1.67 bits per heavy atom. The lowest BCUT2D eigenvalue weighted by Crippen LogP contribution is -2.58. The van der Waals surface area contributed by atoms with Crippen LogP contribution >= 0.6 is 23.5 Å². The number of rotatable bonds is 13. The van der Waals surface area contributed by atoms with Gasteiger partial charge in [-0.15, -0.1) is 11.8 Å². The van der Waals surface area contributed by atoms with Gasteiger partial charge in [0.2, 0.25) is 11.8 Å². The summed E-state index contributed by atoms with van der Waals surface area (Å²) in [5.41, 5.74) is 1.37. The summed E-state index contributed by atoms with van der Waals surface area (Å²) in [6.07, 6.45) is 4.54. The number of methoxy groups -OCH3 is 1. The molecule has 1 aliphatic carbocycles. The van der Waals surface area contributed by atoms with Crippen molar-refractivity contribution in [1.29, 1.82) is 0 Å². The van der Waals surface area contributed by atoms with E-state index >= 15 is 0 Å². The molecule has 45 heavy (non-hydrogen) atoms. The molecule has 2 aromatic carbocycles. The number of carbonyl (C=O) groups excluding carboxylic acids is 5. The zero-order valence-corrected chi connectivity index (χ0v) is 27.3. The molecule has 1 saturated carbocycles. The maximum absolute atomic E-state index is 14.0. The summed E-state index contributed by atoms with van der Waals surface area (Å²) in [5, 5.41) is 5.71. The Hall–Kier alpha value is -3.51. The van der Waals surface area contributed by atoms with Gasteiger partial charge < -0.3 is 25.0 Å². The first-order valence-corrected chi connectivity index (χ1v) is 17.5. The van der Waals surface area contributed by atoms with Crippen molar-refractivity contribution in [2.45, 2.75) is 62.1 Å². The van der Waals surface area contributed by atoms with Crippen molar-refractivity contribution >= 4 is 53.2 Å². The van der Waals surface area contributed by atoms with Gasteiger partial charge in [-0.2, -0.15) is 11.8 Å². The fraction of sp³-hybridized carbons (Fsp3) is 0.485. The zero-order valence-electron chi connectivity index (χ0n) is 25.7. The van der Waals surface area contributed by atoms with E-state index in [0.29, 0.717) is 49.2 Å². The topological polar surface area (TPSA) is 131 Å². The van der Waals surface area contributed by atoms with Crippen LogP contribution in [-0.2, 0) is 35.3 Å². The highest BCUT2D eigenvalue weighted by molar-refractivity contribution is 8.01. The average molecular weight is 656 g/mol. The maximum atomic E-state index is 14.0. The van der Waals surface area contributed by atoms with Crippen molar-refractivity contribution in [2.24, 2.45) is 5.92 Å². The van der Waals surface area contributed by atoms with Crippen LogP contribution in [0.4, 0.5) is 0 Å². The highest BCUT2D eigenvalue weighted by Crippen LogP contribution is 2.50. The van der Waals surface area contributed by atoms with E-state index in [2.05, 4.69) is 10.6 Å². The number of nitrogens with one attached hydrogen (secondary N) is 2. The molecule has 0 unspecified atom stereocenters. The normalized spacial score (nSPS) is 21.5. The second kappa shape index (κ2) is 16.7. The Kier molecular flexibility index (Phi) is 12.8. The third kappa shape index (κ3) is 9.03. The first-order chi connectivity index (χ1) is 21.8. The van der Waals surface area contributed by atoms with Gasteiger partial charge in [0, 0.05) is 23.8 Å². The molecule has 1 spiro atoms. The Bertz CT molecular complexity index is 1320. The Balaban J connectivity index is 1.37. The molecule has 4 rings (SSSR count). The lowest BCUT2D eigenvalue weighted by Gasteiger charge is -2.44. The number of benzene rings is 2. The summed E-state index contributed by atoms with van der Waals surface area (Å²) in [6, 6.07) is 16.7. The van der Waals surface area contributed by atoms with Gasteiger partial charge in [-0.05, 0) is 61.8 Å². The molecule has 0 radical (unpaired) electrons. The number of hydrogen-bond donors (Lipinski definition) is 2. The Labute approximate surface area is 272 Å². The van der Waals surface area contributed by atoms with Gasteiger partial charge >= 0.3 is 11.9 Å². The second-order valence-electron chi connectivity index (χ2n) is 11.1. The molecule has 12 heteroatoms. The highest BCUT2D eigenvalue weighted by Gasteiger charge is 2.54. The second-order valence-corrected chi connectivity index (χ2v) is 13.5. The molecule has 0 aromatic heterocycles. The van der Waals surface area contributed by atoms with Crippen LogP contribution in [0.15, 0.2) is 60.7 Å². The number of nitrogens with zero attached hydrogens (tertiary/aromatic N) is 1. The fourth-order valence-corrected chi connectivity index (χ4v) is 7.87. The van der Waals surface area contributed by atoms with Crippen molar-refractivity contribution in [3.8, 4) is 0 Å². The van der Waals surface area contributed by atoms with Crippen LogP contribution in [0.2, 0.25) is 0 Å². The number of thioether (sulfide) groups is 2. The van der Waals surface area contributed by atoms with Gasteiger partial charge in [0.1, 0.15) is 18.7 Å². The predicted octanol–water partition coefficient (Wildman–Crippen LogP) is 3.79. The standard InChI is InChI=1S/C33H41N3O7S2/c1-42-32(41)26(16-20-44-2)35-30(39)27-22-45-33(36(27)31(40)25-11-7-4-8-12-25)17-13-24(14-18-33)29(38)34-19-15-28(37)43-21-23-9-5-3-6-10-23/h3-12,24,26-27H,13-22H2,1-2H3,(H,34,38)(H,35,39)/t24?,26-,27-,33?/m0/s1. The van der Waals surface area contributed by atoms with E-state index in [0.717, 1.165) is 5.56 Å². The summed E-state index contributed by atoms with van der Waals surface area (Å²) in [6.45, 7) is 0.371. The van der Waals surface area contributed by atoms with Crippen LogP contribution in [0.1, 0.15) is 54.4 Å². The van der Waals surface area contributed by atoms with E-state index in [9.17, 15) is 24.0 Å². The number of hydrogen-bond acceptors (Lipinski definition) is 9. The SMILES string of the molecule is COC(=O)[C@H](CCSC)NC(=O)[C@@H]1CSC2(CCC(C(=O)NCCC(=O)OCc3ccccc3)CC2)N1C(=O)c1ccccc1. The van der Waals surface area contributed by atoms with Crippen molar-refractivity contribution < 1.29 is 33.4 Å². The first kappa shape index (κ1) is 34.4. The number of ether oxygens (including phenoxy) is 2. The van der Waals surface area contributed by atoms with Gasteiger partial charge in [-0.1, -0.05) is 48.5 Å². The third-order valence-electron chi connectivity index (χ3n) is 8.22. The minimum atomic E-state index is -0.805. The zero-order chi connectivity index (χ0) is 32.2. The van der Waals surface area contributed by atoms with E-state index < -0.39 is 22.9 Å². The van der Waals surface area contributed by atoms with E-state index in [1.807, 2.05) is 42.7 Å².